The van der Waals surface area contributed by atoms with Crippen LogP contribution < -0.4 is 16.0 Å². The van der Waals surface area contributed by atoms with Crippen LogP contribution >= 0.6 is 0 Å². The lowest BCUT2D eigenvalue weighted by Gasteiger charge is -2.25. The minimum Gasteiger partial charge on any atom is -0.368 e. The third kappa shape index (κ3) is 2.58. The van der Waals surface area contributed by atoms with E-state index in [1.807, 2.05) is 13.1 Å². The van der Waals surface area contributed by atoms with Crippen LogP contribution in [0.1, 0.15) is 16.8 Å². The van der Waals surface area contributed by atoms with Crippen molar-refractivity contribution in [1.29, 1.82) is 0 Å². The van der Waals surface area contributed by atoms with E-state index >= 15 is 0 Å². The molecule has 5 heteroatoms. The van der Waals surface area contributed by atoms with Crippen molar-refractivity contribution in [2.75, 3.05) is 24.2 Å². The van der Waals surface area contributed by atoms with Gasteiger partial charge in [-0.1, -0.05) is 30.3 Å². The molecule has 0 unspecified atom stereocenters. The number of nitrogens with two attached hydrogens (primary N) is 1. The summed E-state index contributed by atoms with van der Waals surface area (Å²) < 4.78 is 0. The van der Waals surface area contributed by atoms with Crippen LogP contribution in [0.5, 0.6) is 0 Å². The first-order valence-electron chi connectivity index (χ1n) is 6.85. The van der Waals surface area contributed by atoms with Crippen molar-refractivity contribution < 1.29 is 0 Å². The van der Waals surface area contributed by atoms with E-state index in [-0.39, 0.29) is 0 Å². The Hall–Kier alpha value is -2.14. The number of nitrogens with zero attached hydrogens (tertiary/aromatic N) is 3. The number of anilines is 2. The van der Waals surface area contributed by atoms with Crippen LogP contribution in [0.2, 0.25) is 0 Å². The number of rotatable bonds is 3. The predicted molar refractivity (Wildman–Crippen MR) is 80.4 cm³/mol. The summed E-state index contributed by atoms with van der Waals surface area (Å²) in [4.78, 5) is 10.9. The van der Waals surface area contributed by atoms with Crippen LogP contribution in [0.3, 0.4) is 0 Å². The minimum absolute atomic E-state index is 0.362. The molecule has 0 bridgehead atoms. The van der Waals surface area contributed by atoms with Crippen LogP contribution in [0.4, 0.5) is 11.8 Å². The van der Waals surface area contributed by atoms with Crippen molar-refractivity contribution in [3.8, 4) is 0 Å². The van der Waals surface area contributed by atoms with Crippen molar-refractivity contribution >= 4 is 11.8 Å². The Morgan fingerprint density at radius 1 is 1.25 bits per heavy atom. The first-order chi connectivity index (χ1) is 9.74. The van der Waals surface area contributed by atoms with Crippen LogP contribution in [0, 0.1) is 0 Å². The number of benzene rings is 1. The van der Waals surface area contributed by atoms with E-state index in [0.29, 0.717) is 5.95 Å². The lowest BCUT2D eigenvalue weighted by Crippen LogP contribution is -2.29. The second-order valence-electron chi connectivity index (χ2n) is 5.10. The van der Waals surface area contributed by atoms with Crippen molar-refractivity contribution in [1.82, 2.24) is 15.3 Å². The van der Waals surface area contributed by atoms with E-state index in [9.17, 15) is 0 Å². The number of nitrogen functional groups attached to an aromatic ring is 1. The van der Waals surface area contributed by atoms with E-state index < -0.39 is 0 Å². The van der Waals surface area contributed by atoms with Gasteiger partial charge in [0.15, 0.2) is 0 Å². The summed E-state index contributed by atoms with van der Waals surface area (Å²) in [7, 11) is 2.05. The number of nitrogens with one attached hydrogen (secondary N) is 1. The molecule has 104 valence electrons. The Bertz CT molecular complexity index is 597. The third-order valence-corrected chi connectivity index (χ3v) is 3.55. The van der Waals surface area contributed by atoms with Crippen molar-refractivity contribution in [2.24, 2.45) is 0 Å². The predicted octanol–water partition coefficient (Wildman–Crippen LogP) is 1.34. The Balaban J connectivity index is 1.91. The molecule has 20 heavy (non-hydrogen) atoms. The van der Waals surface area contributed by atoms with Gasteiger partial charge in [0.1, 0.15) is 5.82 Å². The SMILES string of the molecule is CN(Cc1ccccc1)c1nc(N)nc2c1CNCC2. The zero-order valence-corrected chi connectivity index (χ0v) is 11.6. The lowest BCUT2D eigenvalue weighted by molar-refractivity contribution is 0.624. The summed E-state index contributed by atoms with van der Waals surface area (Å²) in [5.41, 5.74) is 9.34. The molecule has 0 spiro atoms. The highest BCUT2D eigenvalue weighted by Crippen LogP contribution is 2.24. The fourth-order valence-corrected chi connectivity index (χ4v) is 2.59. The topological polar surface area (TPSA) is 67.1 Å². The summed E-state index contributed by atoms with van der Waals surface area (Å²) in [6.07, 6.45) is 0.911. The smallest absolute Gasteiger partial charge is 0.222 e. The summed E-state index contributed by atoms with van der Waals surface area (Å²) in [6.45, 7) is 2.57. The molecule has 1 aromatic heterocycles. The maximum absolute atomic E-state index is 5.84. The summed E-state index contributed by atoms with van der Waals surface area (Å²) >= 11 is 0. The Morgan fingerprint density at radius 3 is 2.85 bits per heavy atom. The van der Waals surface area contributed by atoms with Gasteiger partial charge >= 0.3 is 0 Å². The molecule has 1 aromatic carbocycles. The van der Waals surface area contributed by atoms with Gasteiger partial charge in [-0.3, -0.25) is 0 Å². The van der Waals surface area contributed by atoms with Crippen LogP contribution in [0.25, 0.3) is 0 Å². The van der Waals surface area contributed by atoms with Gasteiger partial charge in [-0.15, -0.1) is 0 Å². The molecule has 1 aliphatic heterocycles. The van der Waals surface area contributed by atoms with E-state index in [4.69, 9.17) is 5.73 Å². The molecule has 0 amide bonds. The highest BCUT2D eigenvalue weighted by molar-refractivity contribution is 5.52. The van der Waals surface area contributed by atoms with Gasteiger partial charge in [-0.05, 0) is 5.56 Å². The number of aromatic nitrogens is 2. The third-order valence-electron chi connectivity index (χ3n) is 3.55. The second kappa shape index (κ2) is 5.46. The minimum atomic E-state index is 0.362. The first-order valence-corrected chi connectivity index (χ1v) is 6.85. The maximum atomic E-state index is 5.84. The van der Waals surface area contributed by atoms with Crippen molar-refractivity contribution in [3.63, 3.8) is 0 Å². The van der Waals surface area contributed by atoms with Crippen molar-refractivity contribution in [3.05, 3.63) is 47.2 Å². The molecule has 3 rings (SSSR count). The molecule has 2 aromatic rings. The fraction of sp³-hybridized carbons (Fsp3) is 0.333. The van der Waals surface area contributed by atoms with Gasteiger partial charge in [-0.25, -0.2) is 4.98 Å². The van der Waals surface area contributed by atoms with Gasteiger partial charge in [-0.2, -0.15) is 4.98 Å². The quantitative estimate of drug-likeness (QED) is 0.880. The van der Waals surface area contributed by atoms with E-state index in [1.54, 1.807) is 0 Å². The number of hydrogen-bond donors (Lipinski definition) is 2. The van der Waals surface area contributed by atoms with E-state index in [0.717, 1.165) is 37.6 Å². The summed E-state index contributed by atoms with van der Waals surface area (Å²) in [5, 5.41) is 3.37. The molecule has 5 nitrogen and oxygen atoms in total. The van der Waals surface area contributed by atoms with Gasteiger partial charge in [0.25, 0.3) is 0 Å². The second-order valence-corrected chi connectivity index (χ2v) is 5.10. The molecule has 0 aliphatic carbocycles. The van der Waals surface area contributed by atoms with Gasteiger partial charge in [0.2, 0.25) is 5.95 Å². The molecule has 2 heterocycles. The van der Waals surface area contributed by atoms with Crippen LogP contribution in [-0.4, -0.2) is 23.6 Å². The average molecular weight is 269 g/mol. The van der Waals surface area contributed by atoms with Crippen molar-refractivity contribution in [2.45, 2.75) is 19.5 Å². The molecule has 0 saturated heterocycles. The normalized spacial score (nSPS) is 13.8. The summed E-state index contributed by atoms with van der Waals surface area (Å²) in [6, 6.07) is 10.4. The molecule has 0 radical (unpaired) electrons. The zero-order valence-electron chi connectivity index (χ0n) is 11.6. The molecular formula is C15H19N5. The fourth-order valence-electron chi connectivity index (χ4n) is 2.59. The zero-order chi connectivity index (χ0) is 13.9. The average Bonchev–Trinajstić information content (AvgIpc) is 2.47. The molecule has 0 atom stereocenters. The van der Waals surface area contributed by atoms with Crippen LogP contribution in [0.15, 0.2) is 30.3 Å². The number of fused-ring (bicyclic) bond motifs is 1. The maximum Gasteiger partial charge on any atom is 0.222 e. The monoisotopic (exact) mass is 269 g/mol. The highest BCUT2D eigenvalue weighted by Gasteiger charge is 2.19. The molecule has 0 saturated carbocycles. The van der Waals surface area contributed by atoms with Gasteiger partial charge in [0, 0.05) is 38.7 Å². The Morgan fingerprint density at radius 2 is 2.05 bits per heavy atom. The number of hydrogen-bond acceptors (Lipinski definition) is 5. The van der Waals surface area contributed by atoms with Gasteiger partial charge in [0.05, 0.1) is 5.69 Å². The largest absolute Gasteiger partial charge is 0.368 e. The van der Waals surface area contributed by atoms with Gasteiger partial charge < -0.3 is 16.0 Å². The van der Waals surface area contributed by atoms with E-state index in [2.05, 4.69) is 44.5 Å². The van der Waals surface area contributed by atoms with E-state index in [1.165, 1.54) is 11.1 Å². The molecule has 0 fully saturated rings. The van der Waals surface area contributed by atoms with Crippen LogP contribution in [-0.2, 0) is 19.5 Å². The lowest BCUT2D eigenvalue weighted by atomic mass is 10.1. The molecule has 3 N–H and O–H groups in total. The molecule has 1 aliphatic rings. The first kappa shape index (κ1) is 12.9. The Labute approximate surface area is 118 Å². The standard InChI is InChI=1S/C15H19N5/c1-20(10-11-5-3-2-4-6-11)14-12-9-17-8-7-13(12)18-15(16)19-14/h2-6,17H,7-10H2,1H3,(H2,16,18,19). The Kier molecular flexibility index (Phi) is 3.52. The molecular weight excluding hydrogens is 250 g/mol. The highest BCUT2D eigenvalue weighted by atomic mass is 15.2. The summed E-state index contributed by atoms with van der Waals surface area (Å²) in [5.74, 6) is 1.30.